The van der Waals surface area contributed by atoms with E-state index in [9.17, 15) is 18.4 Å². The molecule has 0 radical (unpaired) electrons. The van der Waals surface area contributed by atoms with Crippen molar-refractivity contribution in [2.45, 2.75) is 39.0 Å². The summed E-state index contributed by atoms with van der Waals surface area (Å²) in [5, 5.41) is 9.07. The molecule has 1 N–H and O–H groups in total. The lowest BCUT2D eigenvalue weighted by molar-refractivity contribution is -0.154. The molecule has 19 heavy (non-hydrogen) atoms. The molecule has 0 aromatic rings. The monoisotopic (exact) mass is 275 g/mol. The Morgan fingerprint density at radius 3 is 2.68 bits per heavy atom. The molecule has 1 saturated carbocycles. The zero-order valence-electron chi connectivity index (χ0n) is 11.2. The van der Waals surface area contributed by atoms with Gasteiger partial charge in [-0.25, -0.2) is 8.78 Å². The van der Waals surface area contributed by atoms with Crippen LogP contribution in [0.2, 0.25) is 0 Å². The first-order valence-electron chi connectivity index (χ1n) is 6.55. The average molecular weight is 275 g/mol. The number of fused-ring (bicyclic) bond motifs is 1. The number of rotatable bonds is 3. The highest BCUT2D eigenvalue weighted by Crippen LogP contribution is 2.48. The van der Waals surface area contributed by atoms with E-state index < -0.39 is 29.1 Å². The molecule has 2 rings (SSSR count). The highest BCUT2D eigenvalue weighted by molar-refractivity contribution is 5.82. The highest BCUT2D eigenvalue weighted by Gasteiger charge is 2.55. The maximum atomic E-state index is 13.6. The van der Waals surface area contributed by atoms with Crippen molar-refractivity contribution >= 4 is 11.9 Å². The Labute approximate surface area is 110 Å². The van der Waals surface area contributed by atoms with Crippen LogP contribution in [0.25, 0.3) is 0 Å². The summed E-state index contributed by atoms with van der Waals surface area (Å²) in [6, 6.07) is 0. The number of aliphatic carboxylic acids is 1. The summed E-state index contributed by atoms with van der Waals surface area (Å²) in [7, 11) is 0. The maximum Gasteiger partial charge on any atom is 0.310 e. The Bertz CT molecular complexity index is 409. The lowest BCUT2D eigenvalue weighted by Gasteiger charge is -2.38. The minimum atomic E-state index is -2.74. The number of carbonyl (C=O) groups excluding carboxylic acids is 1. The number of piperidine rings is 1. The number of alkyl halides is 2. The minimum absolute atomic E-state index is 0.0793. The summed E-state index contributed by atoms with van der Waals surface area (Å²) >= 11 is 0. The molecule has 6 heteroatoms. The zero-order chi connectivity index (χ0) is 14.4. The number of nitrogens with zero attached hydrogens (tertiary/aromatic N) is 1. The van der Waals surface area contributed by atoms with Gasteiger partial charge in [0.1, 0.15) is 0 Å². The second-order valence-electron chi connectivity index (χ2n) is 6.25. The van der Waals surface area contributed by atoms with Gasteiger partial charge in [-0.05, 0) is 26.7 Å². The van der Waals surface area contributed by atoms with E-state index in [2.05, 4.69) is 0 Å². The fraction of sp³-hybridized carbons (Fsp3) is 0.846. The van der Waals surface area contributed by atoms with E-state index >= 15 is 0 Å². The summed E-state index contributed by atoms with van der Waals surface area (Å²) in [5.41, 5.74) is -1.05. The predicted octanol–water partition coefficient (Wildman–Crippen LogP) is 1.99. The summed E-state index contributed by atoms with van der Waals surface area (Å²) < 4.78 is 27.2. The molecule has 1 aliphatic carbocycles. The summed E-state index contributed by atoms with van der Waals surface area (Å²) in [4.78, 5) is 24.7. The van der Waals surface area contributed by atoms with Crippen LogP contribution < -0.4 is 0 Å². The lowest BCUT2D eigenvalue weighted by Crippen LogP contribution is -2.51. The van der Waals surface area contributed by atoms with Crippen LogP contribution in [0.3, 0.4) is 0 Å². The normalized spacial score (nSPS) is 30.3. The number of hydrogen-bond acceptors (Lipinski definition) is 2. The molecule has 0 spiro atoms. The largest absolute Gasteiger partial charge is 0.481 e. The van der Waals surface area contributed by atoms with Crippen molar-refractivity contribution in [3.63, 3.8) is 0 Å². The summed E-state index contributed by atoms with van der Waals surface area (Å²) in [5.74, 6) is -5.52. The molecule has 1 heterocycles. The molecule has 0 unspecified atom stereocenters. The van der Waals surface area contributed by atoms with Gasteiger partial charge in [0.25, 0.3) is 5.92 Å². The van der Waals surface area contributed by atoms with Crippen molar-refractivity contribution in [1.29, 1.82) is 0 Å². The number of carboxylic acids is 1. The average Bonchev–Trinajstić information content (AvgIpc) is 2.59. The van der Waals surface area contributed by atoms with E-state index in [0.29, 0.717) is 0 Å². The molecule has 1 amide bonds. The first-order chi connectivity index (χ1) is 8.65. The standard InChI is InChI=1S/C13H19F2NO3/c1-12(2,11(18)19)7-16-6-4-9-8(10(16)17)3-5-13(9,14)15/h8-9H,3-7H2,1-2H3,(H,18,19)/t8-,9-/m0/s1. The zero-order valence-corrected chi connectivity index (χ0v) is 11.2. The van der Waals surface area contributed by atoms with Gasteiger partial charge in [-0.1, -0.05) is 0 Å². The molecule has 4 nitrogen and oxygen atoms in total. The molecule has 2 fully saturated rings. The highest BCUT2D eigenvalue weighted by atomic mass is 19.3. The van der Waals surface area contributed by atoms with Crippen molar-refractivity contribution in [1.82, 2.24) is 4.90 Å². The van der Waals surface area contributed by atoms with Crippen molar-refractivity contribution < 1.29 is 23.5 Å². The molecule has 2 atom stereocenters. The fourth-order valence-corrected chi connectivity index (χ4v) is 3.08. The lowest BCUT2D eigenvalue weighted by atomic mass is 9.84. The Balaban J connectivity index is 2.08. The predicted molar refractivity (Wildman–Crippen MR) is 63.8 cm³/mol. The maximum absolute atomic E-state index is 13.6. The molecular formula is C13H19F2NO3. The van der Waals surface area contributed by atoms with Crippen LogP contribution in [-0.4, -0.2) is 40.9 Å². The van der Waals surface area contributed by atoms with Gasteiger partial charge in [0.15, 0.2) is 0 Å². The number of hydrogen-bond donors (Lipinski definition) is 1. The molecule has 0 aromatic carbocycles. The van der Waals surface area contributed by atoms with Crippen LogP contribution in [0.15, 0.2) is 0 Å². The van der Waals surface area contributed by atoms with E-state index in [4.69, 9.17) is 5.11 Å². The van der Waals surface area contributed by atoms with E-state index in [1.54, 1.807) is 0 Å². The minimum Gasteiger partial charge on any atom is -0.481 e. The fourth-order valence-electron chi connectivity index (χ4n) is 3.08. The Morgan fingerprint density at radius 1 is 1.47 bits per heavy atom. The number of amides is 1. The first-order valence-corrected chi connectivity index (χ1v) is 6.55. The van der Waals surface area contributed by atoms with Gasteiger partial charge in [-0.2, -0.15) is 0 Å². The Morgan fingerprint density at radius 2 is 2.11 bits per heavy atom. The van der Waals surface area contributed by atoms with Gasteiger partial charge in [0.2, 0.25) is 5.91 Å². The molecule has 1 aliphatic heterocycles. The molecule has 2 aliphatic rings. The quantitative estimate of drug-likeness (QED) is 0.857. The number of likely N-dealkylation sites (tertiary alicyclic amines) is 1. The topological polar surface area (TPSA) is 57.6 Å². The van der Waals surface area contributed by atoms with Crippen molar-refractivity contribution in [2.75, 3.05) is 13.1 Å². The van der Waals surface area contributed by atoms with Crippen LogP contribution in [-0.2, 0) is 9.59 Å². The van der Waals surface area contributed by atoms with Crippen molar-refractivity contribution in [3.8, 4) is 0 Å². The third kappa shape index (κ3) is 2.44. The summed E-state index contributed by atoms with van der Waals surface area (Å²) in [6.07, 6.45) is 0.240. The third-order valence-corrected chi connectivity index (χ3v) is 4.32. The molecule has 0 aromatic heterocycles. The van der Waals surface area contributed by atoms with Gasteiger partial charge < -0.3 is 10.0 Å². The van der Waals surface area contributed by atoms with E-state index in [1.165, 1.54) is 18.7 Å². The smallest absolute Gasteiger partial charge is 0.310 e. The molecule has 108 valence electrons. The molecular weight excluding hydrogens is 256 g/mol. The van der Waals surface area contributed by atoms with Gasteiger partial charge in [0.05, 0.1) is 5.41 Å². The number of halogens is 2. The Hall–Kier alpha value is -1.20. The third-order valence-electron chi connectivity index (χ3n) is 4.32. The van der Waals surface area contributed by atoms with Gasteiger partial charge >= 0.3 is 5.97 Å². The second kappa shape index (κ2) is 4.42. The second-order valence-corrected chi connectivity index (χ2v) is 6.25. The van der Waals surface area contributed by atoms with E-state index in [-0.39, 0.29) is 38.3 Å². The Kier molecular flexibility index (Phi) is 3.31. The molecule has 1 saturated heterocycles. The van der Waals surface area contributed by atoms with Gasteiger partial charge in [-0.15, -0.1) is 0 Å². The summed E-state index contributed by atoms with van der Waals surface area (Å²) in [6.45, 7) is 3.39. The van der Waals surface area contributed by atoms with Crippen LogP contribution in [0.5, 0.6) is 0 Å². The van der Waals surface area contributed by atoms with Crippen LogP contribution >= 0.6 is 0 Å². The van der Waals surface area contributed by atoms with Gasteiger partial charge in [-0.3, -0.25) is 9.59 Å². The van der Waals surface area contributed by atoms with Crippen LogP contribution in [0.1, 0.15) is 33.1 Å². The van der Waals surface area contributed by atoms with Crippen LogP contribution in [0.4, 0.5) is 8.78 Å². The van der Waals surface area contributed by atoms with Crippen LogP contribution in [0, 0.1) is 17.3 Å². The molecule has 0 bridgehead atoms. The van der Waals surface area contributed by atoms with E-state index in [0.717, 1.165) is 0 Å². The van der Waals surface area contributed by atoms with Gasteiger partial charge in [0, 0.05) is 31.3 Å². The van der Waals surface area contributed by atoms with Crippen molar-refractivity contribution in [3.05, 3.63) is 0 Å². The first kappa shape index (κ1) is 14.2. The SMILES string of the molecule is CC(C)(CN1CC[C@H]2[C@H](CCC2(F)F)C1=O)C(=O)O. The number of carboxylic acid groups (broad SMARTS) is 1. The van der Waals surface area contributed by atoms with Crippen molar-refractivity contribution in [2.24, 2.45) is 17.3 Å². The number of carbonyl (C=O) groups is 2. The van der Waals surface area contributed by atoms with E-state index in [1.807, 2.05) is 0 Å².